The molecule has 0 bridgehead atoms. The number of aryl methyl sites for hydroxylation is 1. The number of hydrogen-bond donors (Lipinski definition) is 2. The number of rotatable bonds is 9. The molecule has 1 amide bonds. The van der Waals surface area contributed by atoms with E-state index in [0.29, 0.717) is 0 Å². The van der Waals surface area contributed by atoms with Crippen LogP contribution >= 0.6 is 11.3 Å². The summed E-state index contributed by atoms with van der Waals surface area (Å²) in [5.74, 6) is 0.153. The molecule has 0 spiro atoms. The average Bonchev–Trinajstić information content (AvgIpc) is 3.40. The minimum Gasteiger partial charge on any atom is -0.337 e. The zero-order chi connectivity index (χ0) is 19.3. The molecule has 2 aromatic rings. The van der Waals surface area contributed by atoms with E-state index in [1.165, 1.54) is 10.4 Å². The number of nitriles is 1. The summed E-state index contributed by atoms with van der Waals surface area (Å²) in [6, 6.07) is 15.0. The quantitative estimate of drug-likeness (QED) is 0.684. The van der Waals surface area contributed by atoms with Gasteiger partial charge in [-0.1, -0.05) is 43.7 Å². The summed E-state index contributed by atoms with van der Waals surface area (Å²) < 4.78 is 0. The highest BCUT2D eigenvalue weighted by Crippen LogP contribution is 2.39. The molecule has 1 saturated carbocycles. The SMILES string of the molecule is CCCc1ccc([C@@H](NCC(=O)N[C@@](C)(C#N)C2CC2)c2cccs2)cc1. The van der Waals surface area contributed by atoms with E-state index in [0.717, 1.165) is 31.2 Å². The minimum absolute atomic E-state index is 0.0271. The third-order valence-corrected chi connectivity index (χ3v) is 6.11. The van der Waals surface area contributed by atoms with Crippen molar-refractivity contribution in [1.82, 2.24) is 10.6 Å². The number of carbonyl (C=O) groups excluding carboxylic acids is 1. The Morgan fingerprint density at radius 2 is 2.07 bits per heavy atom. The summed E-state index contributed by atoms with van der Waals surface area (Å²) in [4.78, 5) is 13.7. The fourth-order valence-corrected chi connectivity index (χ4v) is 4.24. The van der Waals surface area contributed by atoms with E-state index in [1.807, 2.05) is 13.0 Å². The molecule has 1 aromatic carbocycles. The van der Waals surface area contributed by atoms with E-state index in [-0.39, 0.29) is 24.4 Å². The Morgan fingerprint density at radius 1 is 1.33 bits per heavy atom. The Labute approximate surface area is 165 Å². The number of benzene rings is 1. The Bertz CT molecular complexity index is 790. The predicted molar refractivity (Wildman–Crippen MR) is 109 cm³/mol. The first kappa shape index (κ1) is 19.6. The number of nitrogens with zero attached hydrogens (tertiary/aromatic N) is 1. The second-order valence-corrected chi connectivity index (χ2v) is 8.44. The van der Waals surface area contributed by atoms with Crippen LogP contribution in [0.4, 0.5) is 0 Å². The van der Waals surface area contributed by atoms with Gasteiger partial charge in [-0.15, -0.1) is 11.3 Å². The first-order chi connectivity index (χ1) is 13.1. The molecule has 0 saturated heterocycles. The van der Waals surface area contributed by atoms with Crippen LogP contribution in [0.3, 0.4) is 0 Å². The van der Waals surface area contributed by atoms with Gasteiger partial charge in [0.15, 0.2) is 0 Å². The van der Waals surface area contributed by atoms with Crippen molar-refractivity contribution < 1.29 is 4.79 Å². The van der Waals surface area contributed by atoms with Crippen molar-refractivity contribution in [3.8, 4) is 6.07 Å². The normalized spacial score (nSPS) is 16.9. The monoisotopic (exact) mass is 381 g/mol. The fraction of sp³-hybridized carbons (Fsp3) is 0.455. The number of amides is 1. The van der Waals surface area contributed by atoms with Crippen LogP contribution in [0, 0.1) is 17.2 Å². The van der Waals surface area contributed by atoms with Crippen LogP contribution in [-0.2, 0) is 11.2 Å². The Morgan fingerprint density at radius 3 is 2.63 bits per heavy atom. The molecule has 0 unspecified atom stereocenters. The van der Waals surface area contributed by atoms with Gasteiger partial charge < -0.3 is 5.32 Å². The molecule has 27 heavy (non-hydrogen) atoms. The van der Waals surface area contributed by atoms with Crippen LogP contribution in [0.5, 0.6) is 0 Å². The molecule has 3 rings (SSSR count). The fourth-order valence-electron chi connectivity index (χ4n) is 3.41. The van der Waals surface area contributed by atoms with Crippen molar-refractivity contribution in [3.05, 3.63) is 57.8 Å². The highest BCUT2D eigenvalue weighted by Gasteiger charge is 2.42. The van der Waals surface area contributed by atoms with Crippen molar-refractivity contribution in [2.24, 2.45) is 5.92 Å². The van der Waals surface area contributed by atoms with Gasteiger partial charge >= 0.3 is 0 Å². The maximum absolute atomic E-state index is 12.5. The molecule has 4 nitrogen and oxygen atoms in total. The molecule has 1 aliphatic carbocycles. The van der Waals surface area contributed by atoms with Crippen molar-refractivity contribution >= 4 is 17.2 Å². The van der Waals surface area contributed by atoms with Crippen molar-refractivity contribution in [3.63, 3.8) is 0 Å². The second-order valence-electron chi connectivity index (χ2n) is 7.46. The highest BCUT2D eigenvalue weighted by molar-refractivity contribution is 7.10. The van der Waals surface area contributed by atoms with Gasteiger partial charge in [0, 0.05) is 4.88 Å². The summed E-state index contributed by atoms with van der Waals surface area (Å²) in [6.45, 7) is 4.19. The molecule has 142 valence electrons. The lowest BCUT2D eigenvalue weighted by Gasteiger charge is -2.24. The molecule has 2 N–H and O–H groups in total. The van der Waals surface area contributed by atoms with Crippen LogP contribution in [0.2, 0.25) is 0 Å². The molecule has 0 radical (unpaired) electrons. The van der Waals surface area contributed by atoms with E-state index in [2.05, 4.69) is 59.3 Å². The van der Waals surface area contributed by atoms with E-state index < -0.39 is 5.54 Å². The first-order valence-corrected chi connectivity index (χ1v) is 10.5. The average molecular weight is 382 g/mol. The lowest BCUT2D eigenvalue weighted by atomic mass is 9.98. The molecule has 0 aliphatic heterocycles. The zero-order valence-electron chi connectivity index (χ0n) is 16.0. The van der Waals surface area contributed by atoms with Gasteiger partial charge in [0.1, 0.15) is 5.54 Å². The molecule has 1 fully saturated rings. The highest BCUT2D eigenvalue weighted by atomic mass is 32.1. The first-order valence-electron chi connectivity index (χ1n) is 9.63. The lowest BCUT2D eigenvalue weighted by Crippen LogP contribution is -2.49. The van der Waals surface area contributed by atoms with E-state index in [1.54, 1.807) is 11.3 Å². The maximum Gasteiger partial charge on any atom is 0.235 e. The van der Waals surface area contributed by atoms with Gasteiger partial charge in [-0.2, -0.15) is 5.26 Å². The van der Waals surface area contributed by atoms with Crippen LogP contribution in [0.25, 0.3) is 0 Å². The van der Waals surface area contributed by atoms with Crippen molar-refractivity contribution in [1.29, 1.82) is 5.26 Å². The third kappa shape index (κ3) is 4.97. The molecular weight excluding hydrogens is 354 g/mol. The topological polar surface area (TPSA) is 64.9 Å². The Kier molecular flexibility index (Phi) is 6.30. The molecule has 5 heteroatoms. The van der Waals surface area contributed by atoms with Gasteiger partial charge in [0.2, 0.25) is 5.91 Å². The summed E-state index contributed by atoms with van der Waals surface area (Å²) in [6.07, 6.45) is 4.23. The van der Waals surface area contributed by atoms with Crippen molar-refractivity contribution in [2.45, 2.75) is 51.1 Å². The maximum atomic E-state index is 12.5. The van der Waals surface area contributed by atoms with Gasteiger partial charge in [0.25, 0.3) is 0 Å². The van der Waals surface area contributed by atoms with Gasteiger partial charge in [0.05, 0.1) is 18.7 Å². The second kappa shape index (κ2) is 8.69. The molecule has 2 atom stereocenters. The number of hydrogen-bond acceptors (Lipinski definition) is 4. The summed E-state index contributed by atoms with van der Waals surface area (Å²) in [5, 5.41) is 17.8. The van der Waals surface area contributed by atoms with Crippen molar-refractivity contribution in [2.75, 3.05) is 6.54 Å². The third-order valence-electron chi connectivity index (χ3n) is 5.17. The zero-order valence-corrected chi connectivity index (χ0v) is 16.8. The van der Waals surface area contributed by atoms with Crippen LogP contribution < -0.4 is 10.6 Å². The van der Waals surface area contributed by atoms with Gasteiger partial charge in [-0.25, -0.2) is 0 Å². The smallest absolute Gasteiger partial charge is 0.235 e. The number of nitrogens with one attached hydrogen (secondary N) is 2. The molecule has 1 aromatic heterocycles. The molecular formula is C22H27N3OS. The summed E-state index contributed by atoms with van der Waals surface area (Å²) >= 11 is 1.68. The lowest BCUT2D eigenvalue weighted by molar-refractivity contribution is -0.121. The standard InChI is InChI=1S/C22H27N3OS/c1-3-5-16-7-9-17(10-8-16)21(19-6-4-13-27-19)24-14-20(26)25-22(2,15-23)18-11-12-18/h4,6-10,13,18,21,24H,3,5,11-12,14H2,1-2H3,(H,25,26)/t21-,22+/m1/s1. The largest absolute Gasteiger partial charge is 0.337 e. The summed E-state index contributed by atoms with van der Waals surface area (Å²) in [5.41, 5.74) is 1.73. The molecule has 1 heterocycles. The summed E-state index contributed by atoms with van der Waals surface area (Å²) in [7, 11) is 0. The van der Waals surface area contributed by atoms with E-state index in [4.69, 9.17) is 0 Å². The van der Waals surface area contributed by atoms with Gasteiger partial charge in [-0.3, -0.25) is 10.1 Å². The van der Waals surface area contributed by atoms with E-state index >= 15 is 0 Å². The van der Waals surface area contributed by atoms with Crippen LogP contribution in [0.1, 0.15) is 55.2 Å². The van der Waals surface area contributed by atoms with Crippen LogP contribution in [-0.4, -0.2) is 18.0 Å². The van der Waals surface area contributed by atoms with E-state index in [9.17, 15) is 10.1 Å². The Balaban J connectivity index is 1.67. The number of carbonyl (C=O) groups is 1. The van der Waals surface area contributed by atoms with Gasteiger partial charge in [-0.05, 0) is 54.7 Å². The predicted octanol–water partition coefficient (Wildman–Crippen LogP) is 4.19. The molecule has 1 aliphatic rings. The minimum atomic E-state index is -0.751. The Hall–Kier alpha value is -2.16. The van der Waals surface area contributed by atoms with Crippen LogP contribution in [0.15, 0.2) is 41.8 Å². The number of thiophene rings is 1.